The maximum Gasteiger partial charge on any atom is 0.271 e. The molecule has 0 saturated carbocycles. The van der Waals surface area contributed by atoms with Crippen LogP contribution in [0.5, 0.6) is 0 Å². The normalized spacial score (nSPS) is 13.1. The zero-order chi connectivity index (χ0) is 11.7. The van der Waals surface area contributed by atoms with Crippen LogP contribution >= 0.6 is 27.3 Å². The number of halogens is 1. The van der Waals surface area contributed by atoms with Crippen LogP contribution in [0.2, 0.25) is 0 Å². The minimum atomic E-state index is -3.56. The summed E-state index contributed by atoms with van der Waals surface area (Å²) in [5.74, 6) is 0. The molecule has 0 amide bonds. The van der Waals surface area contributed by atoms with Crippen molar-refractivity contribution in [1.29, 1.82) is 0 Å². The van der Waals surface area contributed by atoms with Gasteiger partial charge in [0.15, 0.2) is 0 Å². The first-order valence-corrected chi connectivity index (χ1v) is 7.25. The second-order valence-electron chi connectivity index (χ2n) is 3.86. The zero-order valence-electron chi connectivity index (χ0n) is 8.57. The number of sulfonamides is 1. The number of thiophene rings is 1. The Balaban J connectivity index is 2.77. The van der Waals surface area contributed by atoms with E-state index in [4.69, 9.17) is 4.84 Å². The molecular weight excluding hydrogens is 302 g/mol. The largest absolute Gasteiger partial charge is 0.281 e. The Hall–Kier alpha value is 0.0500. The summed E-state index contributed by atoms with van der Waals surface area (Å²) in [6, 6.07) is 3.19. The molecule has 0 aliphatic rings. The third-order valence-corrected chi connectivity index (χ3v) is 4.57. The van der Waals surface area contributed by atoms with Gasteiger partial charge in [0.25, 0.3) is 10.0 Å². The minimum Gasteiger partial charge on any atom is -0.281 e. The standard InChI is InChI=1S/C8H12BrNO3S2/c1-8(2,3)13-10-15(11,12)7-5-4-6(9)14-7/h4-5,10H,1-3H3. The van der Waals surface area contributed by atoms with Crippen molar-refractivity contribution in [3.05, 3.63) is 15.9 Å². The van der Waals surface area contributed by atoms with Crippen LogP contribution in [0.15, 0.2) is 20.1 Å². The highest BCUT2D eigenvalue weighted by Crippen LogP contribution is 2.26. The molecule has 1 rings (SSSR count). The van der Waals surface area contributed by atoms with Gasteiger partial charge in [-0.15, -0.1) is 11.3 Å². The molecule has 0 unspecified atom stereocenters. The van der Waals surface area contributed by atoms with Crippen molar-refractivity contribution in [3.63, 3.8) is 0 Å². The number of rotatable bonds is 3. The summed E-state index contributed by atoms with van der Waals surface area (Å²) in [6.45, 7) is 5.29. The van der Waals surface area contributed by atoms with Crippen molar-refractivity contribution in [2.24, 2.45) is 0 Å². The van der Waals surface area contributed by atoms with Crippen molar-refractivity contribution >= 4 is 37.3 Å². The Kier molecular flexibility index (Phi) is 3.94. The van der Waals surface area contributed by atoms with E-state index in [1.807, 2.05) is 0 Å². The lowest BCUT2D eigenvalue weighted by atomic mass is 10.2. The van der Waals surface area contributed by atoms with Crippen LogP contribution in [0.1, 0.15) is 20.8 Å². The van der Waals surface area contributed by atoms with Gasteiger partial charge in [0, 0.05) is 0 Å². The van der Waals surface area contributed by atoms with Gasteiger partial charge in [0.2, 0.25) is 0 Å². The van der Waals surface area contributed by atoms with E-state index in [1.54, 1.807) is 26.8 Å². The molecule has 86 valence electrons. The van der Waals surface area contributed by atoms with Gasteiger partial charge in [0.05, 0.1) is 9.39 Å². The molecule has 0 radical (unpaired) electrons. The fraction of sp³-hybridized carbons (Fsp3) is 0.500. The second-order valence-corrected chi connectivity index (χ2v) is 8.19. The summed E-state index contributed by atoms with van der Waals surface area (Å²) >= 11 is 4.33. The molecule has 0 aliphatic heterocycles. The summed E-state index contributed by atoms with van der Waals surface area (Å²) in [7, 11) is -3.56. The summed E-state index contributed by atoms with van der Waals surface area (Å²) in [6.07, 6.45) is 0. The van der Waals surface area contributed by atoms with E-state index in [9.17, 15) is 8.42 Å². The van der Waals surface area contributed by atoms with Crippen LogP contribution in [0, 0.1) is 0 Å². The van der Waals surface area contributed by atoms with E-state index < -0.39 is 15.6 Å². The highest BCUT2D eigenvalue weighted by molar-refractivity contribution is 9.11. The monoisotopic (exact) mass is 313 g/mol. The van der Waals surface area contributed by atoms with E-state index in [0.717, 1.165) is 15.1 Å². The van der Waals surface area contributed by atoms with Gasteiger partial charge in [-0.1, -0.05) is 4.89 Å². The topological polar surface area (TPSA) is 55.4 Å². The molecule has 1 aromatic heterocycles. The van der Waals surface area contributed by atoms with E-state index in [2.05, 4.69) is 20.8 Å². The lowest BCUT2D eigenvalue weighted by Gasteiger charge is -2.18. The Morgan fingerprint density at radius 1 is 1.40 bits per heavy atom. The Bertz CT molecular complexity index is 433. The maximum atomic E-state index is 11.6. The molecular formula is C8H12BrNO3S2. The second kappa shape index (κ2) is 4.50. The summed E-state index contributed by atoms with van der Waals surface area (Å²) < 4.78 is 24.3. The van der Waals surface area contributed by atoms with Crippen molar-refractivity contribution in [2.45, 2.75) is 30.6 Å². The number of hydrogen-bond acceptors (Lipinski definition) is 4. The SMILES string of the molecule is CC(C)(C)ONS(=O)(=O)c1ccc(Br)s1. The van der Waals surface area contributed by atoms with Gasteiger partial charge < -0.3 is 0 Å². The molecule has 1 N–H and O–H groups in total. The molecule has 1 heterocycles. The lowest BCUT2D eigenvalue weighted by Crippen LogP contribution is -2.33. The van der Waals surface area contributed by atoms with Crippen LogP contribution in [0.3, 0.4) is 0 Å². The van der Waals surface area contributed by atoms with Crippen molar-refractivity contribution in [2.75, 3.05) is 0 Å². The van der Waals surface area contributed by atoms with E-state index in [-0.39, 0.29) is 4.21 Å². The van der Waals surface area contributed by atoms with Crippen molar-refractivity contribution < 1.29 is 13.3 Å². The maximum absolute atomic E-state index is 11.6. The highest BCUT2D eigenvalue weighted by atomic mass is 79.9. The first kappa shape index (κ1) is 13.1. The number of nitrogens with one attached hydrogen (secondary N) is 1. The first-order valence-electron chi connectivity index (χ1n) is 4.16. The summed E-state index contributed by atoms with van der Waals surface area (Å²) in [5, 5.41) is 0. The smallest absolute Gasteiger partial charge is 0.271 e. The average Bonchev–Trinajstić information content (AvgIpc) is 2.48. The third-order valence-electron chi connectivity index (χ3n) is 1.27. The average molecular weight is 314 g/mol. The molecule has 15 heavy (non-hydrogen) atoms. The molecule has 0 aromatic carbocycles. The zero-order valence-corrected chi connectivity index (χ0v) is 11.8. The van der Waals surface area contributed by atoms with E-state index in [0.29, 0.717) is 0 Å². The molecule has 0 aliphatic carbocycles. The predicted molar refractivity (Wildman–Crippen MR) is 63.2 cm³/mol. The molecule has 1 aromatic rings. The molecule has 4 nitrogen and oxygen atoms in total. The molecule has 0 bridgehead atoms. The van der Waals surface area contributed by atoms with Crippen LogP contribution in [-0.2, 0) is 14.9 Å². The fourth-order valence-electron chi connectivity index (χ4n) is 0.663. The first-order chi connectivity index (χ1) is 6.71. The van der Waals surface area contributed by atoms with Crippen LogP contribution < -0.4 is 4.89 Å². The number of hydrogen-bond donors (Lipinski definition) is 1. The lowest BCUT2D eigenvalue weighted by molar-refractivity contribution is -0.0356. The quantitative estimate of drug-likeness (QED) is 0.872. The van der Waals surface area contributed by atoms with Gasteiger partial charge in [-0.3, -0.25) is 4.84 Å². The summed E-state index contributed by atoms with van der Waals surface area (Å²) in [5.41, 5.74) is -0.554. The van der Waals surface area contributed by atoms with Gasteiger partial charge in [-0.25, -0.2) is 8.42 Å². The van der Waals surface area contributed by atoms with Crippen LogP contribution in [0.25, 0.3) is 0 Å². The Morgan fingerprint density at radius 2 is 2.00 bits per heavy atom. The molecule has 7 heteroatoms. The molecule has 0 saturated heterocycles. The van der Waals surface area contributed by atoms with E-state index in [1.165, 1.54) is 6.07 Å². The van der Waals surface area contributed by atoms with Gasteiger partial charge in [0.1, 0.15) is 4.21 Å². The fourth-order valence-corrected chi connectivity index (χ4v) is 3.60. The van der Waals surface area contributed by atoms with Gasteiger partial charge >= 0.3 is 0 Å². The van der Waals surface area contributed by atoms with E-state index >= 15 is 0 Å². The molecule has 0 atom stereocenters. The Labute approximate surface area is 102 Å². The van der Waals surface area contributed by atoms with Gasteiger partial charge in [-0.2, -0.15) is 0 Å². The third kappa shape index (κ3) is 4.20. The van der Waals surface area contributed by atoms with Crippen molar-refractivity contribution in [1.82, 2.24) is 4.89 Å². The molecule has 0 fully saturated rings. The predicted octanol–water partition coefficient (Wildman–Crippen LogP) is 2.52. The van der Waals surface area contributed by atoms with Crippen molar-refractivity contribution in [3.8, 4) is 0 Å². The Morgan fingerprint density at radius 3 is 2.40 bits per heavy atom. The summed E-state index contributed by atoms with van der Waals surface area (Å²) in [4.78, 5) is 7.10. The molecule has 0 spiro atoms. The van der Waals surface area contributed by atoms with Gasteiger partial charge in [-0.05, 0) is 48.8 Å². The van der Waals surface area contributed by atoms with Crippen LogP contribution in [-0.4, -0.2) is 14.0 Å². The highest BCUT2D eigenvalue weighted by Gasteiger charge is 2.20. The van der Waals surface area contributed by atoms with Crippen LogP contribution in [0.4, 0.5) is 0 Å². The minimum absolute atomic E-state index is 0.221.